The van der Waals surface area contributed by atoms with E-state index in [0.29, 0.717) is 16.7 Å². The Labute approximate surface area is 128 Å². The highest BCUT2D eigenvalue weighted by atomic mass is 35.5. The maximum atomic E-state index is 5.92. The Morgan fingerprint density at radius 1 is 1.24 bits per heavy atom. The fourth-order valence-corrected chi connectivity index (χ4v) is 1.92. The molecule has 2 rings (SSSR count). The van der Waals surface area contributed by atoms with Gasteiger partial charge in [-0.1, -0.05) is 17.7 Å². The van der Waals surface area contributed by atoms with Crippen LogP contribution >= 0.6 is 11.6 Å². The van der Waals surface area contributed by atoms with Crippen LogP contribution in [-0.4, -0.2) is 28.0 Å². The van der Waals surface area contributed by atoms with Gasteiger partial charge in [-0.25, -0.2) is 5.84 Å². The van der Waals surface area contributed by atoms with Gasteiger partial charge in [-0.3, -0.25) is 5.43 Å². The molecule has 0 amide bonds. The molecular weight excluding hydrogens is 292 g/mol. The minimum atomic E-state index is 0.155. The van der Waals surface area contributed by atoms with E-state index < -0.39 is 0 Å². The van der Waals surface area contributed by atoms with Crippen molar-refractivity contribution in [3.05, 3.63) is 29.3 Å². The summed E-state index contributed by atoms with van der Waals surface area (Å²) in [6.45, 7) is 5.56. The highest BCUT2D eigenvalue weighted by Gasteiger charge is 2.12. The number of rotatable bonds is 6. The molecule has 1 heterocycles. The zero-order valence-electron chi connectivity index (χ0n) is 11.9. The Hall–Kier alpha value is -2.12. The minimum absolute atomic E-state index is 0.155. The number of nitrogens with zero attached hydrogens (tertiary/aromatic N) is 4. The van der Waals surface area contributed by atoms with E-state index in [1.165, 1.54) is 0 Å². The van der Waals surface area contributed by atoms with Crippen molar-refractivity contribution in [2.75, 3.05) is 23.4 Å². The van der Waals surface area contributed by atoms with E-state index in [2.05, 4.69) is 20.4 Å². The molecule has 8 heteroatoms. The predicted octanol–water partition coefficient (Wildman–Crippen LogP) is 2.45. The topological polar surface area (TPSA) is 89.2 Å². The van der Waals surface area contributed by atoms with Gasteiger partial charge in [0.1, 0.15) is 5.75 Å². The van der Waals surface area contributed by atoms with Crippen molar-refractivity contribution in [3.63, 3.8) is 0 Å². The first-order valence-electron chi connectivity index (χ1n) is 6.57. The first-order valence-corrected chi connectivity index (χ1v) is 6.95. The molecule has 1 aromatic heterocycles. The Balaban J connectivity index is 2.32. The van der Waals surface area contributed by atoms with E-state index in [1.54, 1.807) is 24.3 Å². The number of nitrogens with one attached hydrogen (secondary N) is 1. The number of hydrazine groups is 1. The van der Waals surface area contributed by atoms with Gasteiger partial charge in [0.2, 0.25) is 11.9 Å². The quantitative estimate of drug-likeness (QED) is 0.625. The van der Waals surface area contributed by atoms with E-state index in [-0.39, 0.29) is 12.0 Å². The number of ether oxygens (including phenoxy) is 1. The summed E-state index contributed by atoms with van der Waals surface area (Å²) in [6, 6.07) is 7.14. The van der Waals surface area contributed by atoms with Crippen molar-refractivity contribution < 1.29 is 4.74 Å². The molecule has 1 aromatic carbocycles. The number of aromatic nitrogens is 3. The fraction of sp³-hybridized carbons (Fsp3) is 0.308. The van der Waals surface area contributed by atoms with Crippen molar-refractivity contribution in [1.82, 2.24) is 15.0 Å². The third-order valence-electron chi connectivity index (χ3n) is 2.78. The van der Waals surface area contributed by atoms with Gasteiger partial charge < -0.3 is 9.64 Å². The first-order chi connectivity index (χ1) is 10.2. The lowest BCUT2D eigenvalue weighted by molar-refractivity contribution is 0.440. The molecule has 0 saturated heterocycles. The average molecular weight is 309 g/mol. The van der Waals surface area contributed by atoms with Gasteiger partial charge in [-0.05, 0) is 32.0 Å². The van der Waals surface area contributed by atoms with Gasteiger partial charge in [0.05, 0.1) is 0 Å². The third-order valence-corrected chi connectivity index (χ3v) is 3.02. The van der Waals surface area contributed by atoms with Crippen molar-refractivity contribution in [3.8, 4) is 11.8 Å². The van der Waals surface area contributed by atoms with E-state index in [0.717, 1.165) is 13.1 Å². The predicted molar refractivity (Wildman–Crippen MR) is 82.7 cm³/mol. The van der Waals surface area contributed by atoms with E-state index in [9.17, 15) is 0 Å². The average Bonchev–Trinajstić information content (AvgIpc) is 2.48. The lowest BCUT2D eigenvalue weighted by Crippen LogP contribution is -2.25. The third kappa shape index (κ3) is 3.93. The van der Waals surface area contributed by atoms with Gasteiger partial charge in [-0.2, -0.15) is 15.0 Å². The maximum Gasteiger partial charge on any atom is 0.328 e. The maximum absolute atomic E-state index is 5.92. The molecule has 21 heavy (non-hydrogen) atoms. The molecule has 0 unspecified atom stereocenters. The van der Waals surface area contributed by atoms with Crippen LogP contribution in [0.2, 0.25) is 5.02 Å². The molecule has 112 valence electrons. The van der Waals surface area contributed by atoms with Crippen LogP contribution in [0.5, 0.6) is 11.8 Å². The minimum Gasteiger partial charge on any atom is -0.424 e. The van der Waals surface area contributed by atoms with Crippen molar-refractivity contribution >= 4 is 23.5 Å². The van der Waals surface area contributed by atoms with E-state index in [4.69, 9.17) is 22.2 Å². The molecule has 0 fully saturated rings. The summed E-state index contributed by atoms with van der Waals surface area (Å²) in [6.07, 6.45) is 0. The Bertz CT molecular complexity index is 605. The molecule has 0 radical (unpaired) electrons. The summed E-state index contributed by atoms with van der Waals surface area (Å²) >= 11 is 5.92. The summed E-state index contributed by atoms with van der Waals surface area (Å²) in [5.74, 6) is 6.67. The van der Waals surface area contributed by atoms with Crippen LogP contribution < -0.4 is 20.9 Å². The van der Waals surface area contributed by atoms with Gasteiger partial charge >= 0.3 is 6.01 Å². The zero-order valence-corrected chi connectivity index (χ0v) is 12.6. The van der Waals surface area contributed by atoms with Gasteiger partial charge in [0, 0.05) is 18.1 Å². The second-order valence-electron chi connectivity index (χ2n) is 4.12. The summed E-state index contributed by atoms with van der Waals surface area (Å²) in [5, 5.41) is 0.572. The lowest BCUT2D eigenvalue weighted by atomic mass is 10.3. The number of nitrogen functional groups attached to an aromatic ring is 1. The normalized spacial score (nSPS) is 10.3. The first kappa shape index (κ1) is 15.3. The molecule has 0 aliphatic heterocycles. The molecule has 0 bridgehead atoms. The fourth-order valence-electron chi connectivity index (χ4n) is 1.74. The van der Waals surface area contributed by atoms with Gasteiger partial charge in [-0.15, -0.1) is 0 Å². The number of nitrogens with two attached hydrogens (primary N) is 1. The number of hydrogen-bond acceptors (Lipinski definition) is 7. The Kier molecular flexibility index (Phi) is 5.13. The summed E-state index contributed by atoms with van der Waals surface area (Å²) in [5.41, 5.74) is 2.41. The highest BCUT2D eigenvalue weighted by Crippen LogP contribution is 2.23. The van der Waals surface area contributed by atoms with Crippen molar-refractivity contribution in [1.29, 1.82) is 0 Å². The van der Waals surface area contributed by atoms with Crippen molar-refractivity contribution in [2.45, 2.75) is 13.8 Å². The monoisotopic (exact) mass is 308 g/mol. The Morgan fingerprint density at radius 3 is 2.62 bits per heavy atom. The largest absolute Gasteiger partial charge is 0.424 e. The summed E-state index contributed by atoms with van der Waals surface area (Å²) in [4.78, 5) is 14.5. The van der Waals surface area contributed by atoms with Crippen LogP contribution in [0.15, 0.2) is 24.3 Å². The molecule has 0 atom stereocenters. The van der Waals surface area contributed by atoms with Crippen LogP contribution in [-0.2, 0) is 0 Å². The van der Waals surface area contributed by atoms with Crippen LogP contribution in [0.1, 0.15) is 13.8 Å². The molecular formula is C13H17ClN6O. The van der Waals surface area contributed by atoms with Crippen LogP contribution in [0.25, 0.3) is 0 Å². The molecule has 7 nitrogen and oxygen atoms in total. The molecule has 0 aliphatic rings. The van der Waals surface area contributed by atoms with E-state index >= 15 is 0 Å². The number of anilines is 2. The highest BCUT2D eigenvalue weighted by molar-refractivity contribution is 6.30. The molecule has 0 spiro atoms. The molecule has 0 aliphatic carbocycles. The van der Waals surface area contributed by atoms with Gasteiger partial charge in [0.15, 0.2) is 0 Å². The van der Waals surface area contributed by atoms with Crippen LogP contribution in [0, 0.1) is 0 Å². The summed E-state index contributed by atoms with van der Waals surface area (Å²) < 4.78 is 5.61. The standard InChI is InChI=1S/C13H17ClN6O/c1-3-20(4-2)12-16-11(19-15)17-13(18-12)21-10-7-5-6-9(14)8-10/h5-8H,3-4,15H2,1-2H3,(H,16,17,18,19). The summed E-state index contributed by atoms with van der Waals surface area (Å²) in [7, 11) is 0. The SMILES string of the molecule is CCN(CC)c1nc(NN)nc(Oc2cccc(Cl)c2)n1. The second kappa shape index (κ2) is 7.05. The van der Waals surface area contributed by atoms with Gasteiger partial charge in [0.25, 0.3) is 0 Å². The molecule has 2 aromatic rings. The van der Waals surface area contributed by atoms with E-state index in [1.807, 2.05) is 18.7 Å². The smallest absolute Gasteiger partial charge is 0.328 e. The van der Waals surface area contributed by atoms with Crippen molar-refractivity contribution in [2.24, 2.45) is 5.84 Å². The van der Waals surface area contributed by atoms with Crippen LogP contribution in [0.4, 0.5) is 11.9 Å². The Morgan fingerprint density at radius 2 is 2.00 bits per heavy atom. The number of benzene rings is 1. The number of hydrogen-bond donors (Lipinski definition) is 2. The second-order valence-corrected chi connectivity index (χ2v) is 4.55. The molecule has 3 N–H and O–H groups in total. The lowest BCUT2D eigenvalue weighted by Gasteiger charge is -2.19. The molecule has 0 saturated carbocycles. The zero-order chi connectivity index (χ0) is 15.2. The number of halogens is 1. The van der Waals surface area contributed by atoms with Crippen LogP contribution in [0.3, 0.4) is 0 Å².